The van der Waals surface area contributed by atoms with E-state index in [9.17, 15) is 4.79 Å². The van der Waals surface area contributed by atoms with E-state index in [1.54, 1.807) is 7.11 Å². The third-order valence-electron chi connectivity index (χ3n) is 4.15. The van der Waals surface area contributed by atoms with Gasteiger partial charge in [0, 0.05) is 12.5 Å². The molecule has 7 heteroatoms. The molecule has 140 valence electrons. The first-order chi connectivity index (χ1) is 12.9. The zero-order valence-electron chi connectivity index (χ0n) is 15.4. The van der Waals surface area contributed by atoms with Gasteiger partial charge in [0.25, 0.3) is 0 Å². The molecule has 0 fully saturated rings. The Hall–Kier alpha value is -2.38. The second kappa shape index (κ2) is 8.10. The van der Waals surface area contributed by atoms with Crippen LogP contribution in [0.4, 0.5) is 5.13 Å². The summed E-state index contributed by atoms with van der Waals surface area (Å²) in [6.07, 6.45) is 0. The van der Waals surface area contributed by atoms with Gasteiger partial charge in [-0.25, -0.2) is 4.98 Å². The number of carbonyl (C=O) groups excluding carboxylic acids is 1. The monoisotopic (exact) mass is 446 g/mol. The Morgan fingerprint density at radius 3 is 2.37 bits per heavy atom. The minimum atomic E-state index is -0.140. The first-order valence-electron chi connectivity index (χ1n) is 8.25. The van der Waals surface area contributed by atoms with Gasteiger partial charge in [0.05, 0.1) is 16.6 Å². The van der Waals surface area contributed by atoms with Gasteiger partial charge in [0.2, 0.25) is 5.91 Å². The van der Waals surface area contributed by atoms with Crippen LogP contribution in [0.1, 0.15) is 18.1 Å². The van der Waals surface area contributed by atoms with Crippen LogP contribution in [0.2, 0.25) is 0 Å². The van der Waals surface area contributed by atoms with Gasteiger partial charge < -0.3 is 14.8 Å². The molecule has 5 nitrogen and oxygen atoms in total. The number of benzene rings is 2. The molecule has 0 radical (unpaired) electrons. The summed E-state index contributed by atoms with van der Waals surface area (Å²) in [5, 5.41) is 3.30. The number of methoxy groups -OCH3 is 1. The van der Waals surface area contributed by atoms with Crippen molar-refractivity contribution in [3.05, 3.63) is 51.3 Å². The van der Waals surface area contributed by atoms with Crippen molar-refractivity contribution in [2.24, 2.45) is 0 Å². The molecule has 0 spiro atoms. The Labute approximate surface area is 170 Å². The van der Waals surface area contributed by atoms with Crippen LogP contribution in [0.3, 0.4) is 0 Å². The predicted octanol–water partition coefficient (Wildman–Crippen LogP) is 5.95. The van der Waals surface area contributed by atoms with Crippen LogP contribution in [-0.4, -0.2) is 18.0 Å². The lowest BCUT2D eigenvalue weighted by molar-refractivity contribution is -0.114. The van der Waals surface area contributed by atoms with Crippen LogP contribution in [0.15, 0.2) is 40.2 Å². The summed E-state index contributed by atoms with van der Waals surface area (Å²) in [7, 11) is 1.63. The summed E-state index contributed by atoms with van der Waals surface area (Å²) in [5.41, 5.74) is 3.90. The number of aromatic nitrogens is 1. The molecule has 3 rings (SSSR count). The minimum absolute atomic E-state index is 0.140. The molecular formula is C20H19BrN2O3S. The Bertz CT molecular complexity index is 984. The highest BCUT2D eigenvalue weighted by Crippen LogP contribution is 2.40. The van der Waals surface area contributed by atoms with E-state index in [4.69, 9.17) is 9.47 Å². The van der Waals surface area contributed by atoms with E-state index in [1.807, 2.05) is 50.2 Å². The van der Waals surface area contributed by atoms with Crippen molar-refractivity contribution in [1.82, 2.24) is 4.98 Å². The number of hydrogen-bond donors (Lipinski definition) is 1. The van der Waals surface area contributed by atoms with E-state index in [2.05, 4.69) is 26.2 Å². The standard InChI is InChI=1S/C20H19BrN2O3S/c1-11-12(2)17(26-15-7-5-14(25-4)6-8-15)10-9-16(11)18-19(21)27-20(23-18)22-13(3)24/h5-10H,1-4H3,(H,22,23,24). The lowest BCUT2D eigenvalue weighted by atomic mass is 10.0. The number of anilines is 1. The molecule has 0 atom stereocenters. The van der Waals surface area contributed by atoms with E-state index < -0.39 is 0 Å². The topological polar surface area (TPSA) is 60.5 Å². The molecule has 0 aliphatic carbocycles. The van der Waals surface area contributed by atoms with Crippen molar-refractivity contribution in [3.63, 3.8) is 0 Å². The molecule has 1 aromatic heterocycles. The highest BCUT2D eigenvalue weighted by molar-refractivity contribution is 9.11. The maximum absolute atomic E-state index is 11.3. The fourth-order valence-corrected chi connectivity index (χ4v) is 4.12. The van der Waals surface area contributed by atoms with Crippen LogP contribution in [-0.2, 0) is 4.79 Å². The second-order valence-corrected chi connectivity index (χ2v) is 8.28. The van der Waals surface area contributed by atoms with E-state index in [0.717, 1.165) is 43.4 Å². The normalized spacial score (nSPS) is 10.6. The summed E-state index contributed by atoms with van der Waals surface area (Å²) in [6, 6.07) is 11.4. The average molecular weight is 447 g/mol. The van der Waals surface area contributed by atoms with Gasteiger partial charge in [-0.2, -0.15) is 0 Å². The molecule has 1 amide bonds. The molecule has 0 bridgehead atoms. The Balaban J connectivity index is 1.90. The first-order valence-corrected chi connectivity index (χ1v) is 9.86. The number of carbonyl (C=O) groups is 1. The van der Waals surface area contributed by atoms with Gasteiger partial charge >= 0.3 is 0 Å². The number of thiazole rings is 1. The SMILES string of the molecule is COc1ccc(Oc2ccc(-c3nc(NC(C)=O)sc3Br)c(C)c2C)cc1. The van der Waals surface area contributed by atoms with Gasteiger partial charge in [0.1, 0.15) is 17.2 Å². The Kier molecular flexibility index (Phi) is 5.82. The Morgan fingerprint density at radius 2 is 1.74 bits per heavy atom. The fraction of sp³-hybridized carbons (Fsp3) is 0.200. The third kappa shape index (κ3) is 4.31. The molecule has 2 aromatic carbocycles. The van der Waals surface area contributed by atoms with E-state index in [-0.39, 0.29) is 5.91 Å². The molecule has 0 aliphatic rings. The highest BCUT2D eigenvalue weighted by Gasteiger charge is 2.17. The van der Waals surface area contributed by atoms with Crippen LogP contribution < -0.4 is 14.8 Å². The zero-order chi connectivity index (χ0) is 19.6. The number of nitrogens with one attached hydrogen (secondary N) is 1. The molecular weight excluding hydrogens is 428 g/mol. The van der Waals surface area contributed by atoms with Gasteiger partial charge in [-0.3, -0.25) is 4.79 Å². The minimum Gasteiger partial charge on any atom is -0.497 e. The lowest BCUT2D eigenvalue weighted by Gasteiger charge is -2.14. The van der Waals surface area contributed by atoms with Crippen LogP contribution in [0, 0.1) is 13.8 Å². The fourth-order valence-electron chi connectivity index (χ4n) is 2.61. The van der Waals surface area contributed by atoms with Crippen LogP contribution in [0.5, 0.6) is 17.2 Å². The Morgan fingerprint density at radius 1 is 1.07 bits per heavy atom. The van der Waals surface area contributed by atoms with E-state index >= 15 is 0 Å². The zero-order valence-corrected chi connectivity index (χ0v) is 17.8. The maximum atomic E-state index is 11.3. The molecule has 27 heavy (non-hydrogen) atoms. The predicted molar refractivity (Wildman–Crippen MR) is 112 cm³/mol. The summed E-state index contributed by atoms with van der Waals surface area (Å²) in [5.74, 6) is 2.18. The number of amides is 1. The van der Waals surface area contributed by atoms with Crippen molar-refractivity contribution in [1.29, 1.82) is 0 Å². The summed E-state index contributed by atoms with van der Waals surface area (Å²) in [4.78, 5) is 15.8. The van der Waals surface area contributed by atoms with Gasteiger partial charge in [-0.15, -0.1) is 0 Å². The number of halogens is 1. The lowest BCUT2D eigenvalue weighted by Crippen LogP contribution is -2.05. The van der Waals surface area contributed by atoms with Crippen molar-refractivity contribution in [2.45, 2.75) is 20.8 Å². The quantitative estimate of drug-likeness (QED) is 0.525. The van der Waals surface area contributed by atoms with Gasteiger partial charge in [-0.1, -0.05) is 11.3 Å². The number of ether oxygens (including phenoxy) is 2. The summed E-state index contributed by atoms with van der Waals surface area (Å²) < 4.78 is 12.1. The van der Waals surface area contributed by atoms with Crippen molar-refractivity contribution < 1.29 is 14.3 Å². The third-order valence-corrected chi connectivity index (χ3v) is 5.77. The van der Waals surface area contributed by atoms with Crippen LogP contribution >= 0.6 is 27.3 Å². The molecule has 0 aliphatic heterocycles. The van der Waals surface area contributed by atoms with Gasteiger partial charge in [-0.05, 0) is 77.3 Å². The number of hydrogen-bond acceptors (Lipinski definition) is 5. The maximum Gasteiger partial charge on any atom is 0.223 e. The van der Waals surface area contributed by atoms with Crippen molar-refractivity contribution in [2.75, 3.05) is 12.4 Å². The number of rotatable bonds is 5. The molecule has 3 aromatic rings. The van der Waals surface area contributed by atoms with E-state index in [0.29, 0.717) is 5.13 Å². The first kappa shape index (κ1) is 19.4. The molecule has 1 N–H and O–H groups in total. The average Bonchev–Trinajstić information content (AvgIpc) is 2.99. The van der Waals surface area contributed by atoms with Crippen molar-refractivity contribution >= 4 is 38.3 Å². The molecule has 1 heterocycles. The molecule has 0 unspecified atom stereocenters. The number of nitrogens with zero attached hydrogens (tertiary/aromatic N) is 1. The smallest absolute Gasteiger partial charge is 0.223 e. The molecule has 0 saturated carbocycles. The highest BCUT2D eigenvalue weighted by atomic mass is 79.9. The largest absolute Gasteiger partial charge is 0.497 e. The second-order valence-electron chi connectivity index (χ2n) is 5.96. The summed E-state index contributed by atoms with van der Waals surface area (Å²) >= 11 is 4.94. The van der Waals surface area contributed by atoms with Crippen LogP contribution in [0.25, 0.3) is 11.3 Å². The van der Waals surface area contributed by atoms with E-state index in [1.165, 1.54) is 18.3 Å². The molecule has 0 saturated heterocycles. The van der Waals surface area contributed by atoms with Gasteiger partial charge in [0.15, 0.2) is 5.13 Å². The van der Waals surface area contributed by atoms with Crippen molar-refractivity contribution in [3.8, 4) is 28.5 Å². The summed E-state index contributed by atoms with van der Waals surface area (Å²) in [6.45, 7) is 5.53.